The minimum absolute atomic E-state index is 0.294. The molecule has 0 fully saturated rings. The van der Waals surface area contributed by atoms with Crippen LogP contribution in [0.4, 0.5) is 0 Å². The van der Waals surface area contributed by atoms with Gasteiger partial charge in [-0.25, -0.2) is 5.43 Å². The molecule has 0 spiro atoms. The van der Waals surface area contributed by atoms with Crippen molar-refractivity contribution >= 4 is 45.1 Å². The molecule has 3 aromatic rings. The van der Waals surface area contributed by atoms with Gasteiger partial charge >= 0.3 is 0 Å². The maximum Gasteiger partial charge on any atom is 0.283 e. The topological polar surface area (TPSA) is 41.5 Å². The van der Waals surface area contributed by atoms with Crippen molar-refractivity contribution in [3.8, 4) is 0 Å². The Bertz CT molecular complexity index is 915. The second kappa shape index (κ2) is 6.52. The van der Waals surface area contributed by atoms with Crippen molar-refractivity contribution in [2.24, 2.45) is 5.10 Å². The maximum atomic E-state index is 12.3. The summed E-state index contributed by atoms with van der Waals surface area (Å²) in [6.07, 6.45) is 1.65. The molecule has 0 aliphatic heterocycles. The molecule has 0 radical (unpaired) electrons. The first-order valence-electron chi connectivity index (χ1n) is 7.14. The first-order valence-corrected chi connectivity index (χ1v) is 8.33. The number of nitrogens with one attached hydrogen (secondary N) is 1. The average Bonchev–Trinajstić information content (AvgIpc) is 2.87. The van der Waals surface area contributed by atoms with Crippen molar-refractivity contribution in [2.75, 3.05) is 0 Å². The highest BCUT2D eigenvalue weighted by molar-refractivity contribution is 7.21. The molecule has 0 atom stereocenters. The Morgan fingerprint density at radius 3 is 2.74 bits per heavy atom. The number of nitrogens with zero attached hydrogens (tertiary/aromatic N) is 1. The number of hydrogen-bond donors (Lipinski definition) is 1. The Balaban J connectivity index is 1.78. The summed E-state index contributed by atoms with van der Waals surface area (Å²) in [6.45, 7) is 4.05. The highest BCUT2D eigenvalue weighted by atomic mass is 35.5. The fourth-order valence-corrected chi connectivity index (χ4v) is 3.75. The summed E-state index contributed by atoms with van der Waals surface area (Å²) in [5.74, 6) is -0.294. The lowest BCUT2D eigenvalue weighted by atomic mass is 10.1. The summed E-state index contributed by atoms with van der Waals surface area (Å²) < 4.78 is 0.987. The van der Waals surface area contributed by atoms with E-state index in [0.29, 0.717) is 9.90 Å². The predicted octanol–water partition coefficient (Wildman–Crippen LogP) is 4.94. The second-order valence-corrected chi connectivity index (χ2v) is 6.73. The molecule has 0 saturated carbocycles. The van der Waals surface area contributed by atoms with Crippen LogP contribution in [0.3, 0.4) is 0 Å². The number of thiophene rings is 1. The molecule has 3 rings (SSSR count). The van der Waals surface area contributed by atoms with Gasteiger partial charge in [-0.2, -0.15) is 5.10 Å². The van der Waals surface area contributed by atoms with Gasteiger partial charge in [0.05, 0.1) is 11.2 Å². The van der Waals surface area contributed by atoms with Crippen LogP contribution in [0.25, 0.3) is 10.1 Å². The van der Waals surface area contributed by atoms with Crippen LogP contribution in [-0.4, -0.2) is 12.1 Å². The predicted molar refractivity (Wildman–Crippen MR) is 97.8 cm³/mol. The Hall–Kier alpha value is -2.17. The molecule has 1 amide bonds. The molecule has 1 aromatic heterocycles. The lowest BCUT2D eigenvalue weighted by Gasteiger charge is -2.01. The monoisotopic (exact) mass is 342 g/mol. The van der Waals surface area contributed by atoms with Gasteiger partial charge in [0.1, 0.15) is 4.88 Å². The molecule has 116 valence electrons. The zero-order chi connectivity index (χ0) is 16.4. The van der Waals surface area contributed by atoms with Gasteiger partial charge in [-0.1, -0.05) is 53.6 Å². The third kappa shape index (κ3) is 3.28. The third-order valence-corrected chi connectivity index (χ3v) is 5.21. The van der Waals surface area contributed by atoms with Crippen LogP contribution >= 0.6 is 22.9 Å². The van der Waals surface area contributed by atoms with Crippen LogP contribution in [0.15, 0.2) is 47.6 Å². The first-order chi connectivity index (χ1) is 11.1. The number of hydrazone groups is 1. The van der Waals surface area contributed by atoms with E-state index in [2.05, 4.69) is 16.6 Å². The number of aryl methyl sites for hydroxylation is 2. The molecule has 0 bridgehead atoms. The van der Waals surface area contributed by atoms with Crippen LogP contribution in [-0.2, 0) is 0 Å². The maximum absolute atomic E-state index is 12.3. The smallest absolute Gasteiger partial charge is 0.266 e. The van der Waals surface area contributed by atoms with Crippen molar-refractivity contribution in [2.45, 2.75) is 13.8 Å². The third-order valence-electron chi connectivity index (χ3n) is 3.54. The van der Waals surface area contributed by atoms with Crippen LogP contribution in [0.1, 0.15) is 26.4 Å². The number of carbonyl (C=O) groups excluding carboxylic acids is 1. The normalized spacial score (nSPS) is 11.3. The summed E-state index contributed by atoms with van der Waals surface area (Å²) in [4.78, 5) is 12.7. The van der Waals surface area contributed by atoms with Gasteiger partial charge in [0, 0.05) is 10.1 Å². The van der Waals surface area contributed by atoms with E-state index >= 15 is 0 Å². The quantitative estimate of drug-likeness (QED) is 0.532. The molecular formula is C18H15ClN2OS. The molecule has 0 saturated heterocycles. The molecule has 1 heterocycles. The minimum atomic E-state index is -0.294. The van der Waals surface area contributed by atoms with Crippen LogP contribution in [0, 0.1) is 13.8 Å². The highest BCUT2D eigenvalue weighted by Crippen LogP contribution is 2.34. The molecule has 0 unspecified atom stereocenters. The minimum Gasteiger partial charge on any atom is -0.266 e. The van der Waals surface area contributed by atoms with E-state index in [0.717, 1.165) is 21.2 Å². The van der Waals surface area contributed by atoms with Crippen molar-refractivity contribution < 1.29 is 4.79 Å². The van der Waals surface area contributed by atoms with Gasteiger partial charge in [-0.3, -0.25) is 4.79 Å². The summed E-state index contributed by atoms with van der Waals surface area (Å²) in [5, 5.41) is 5.41. The van der Waals surface area contributed by atoms with E-state index < -0.39 is 0 Å². The molecule has 3 nitrogen and oxygen atoms in total. The molecule has 5 heteroatoms. The van der Waals surface area contributed by atoms with Gasteiger partial charge in [-0.05, 0) is 31.0 Å². The molecule has 23 heavy (non-hydrogen) atoms. The van der Waals surface area contributed by atoms with Crippen molar-refractivity contribution in [1.82, 2.24) is 5.43 Å². The van der Waals surface area contributed by atoms with Crippen molar-refractivity contribution in [3.63, 3.8) is 0 Å². The number of carbonyl (C=O) groups is 1. The molecule has 1 N–H and O–H groups in total. The second-order valence-electron chi connectivity index (χ2n) is 5.30. The Morgan fingerprint density at radius 1 is 1.22 bits per heavy atom. The number of benzene rings is 2. The van der Waals surface area contributed by atoms with E-state index in [-0.39, 0.29) is 5.91 Å². The number of halogens is 1. The average molecular weight is 343 g/mol. The summed E-state index contributed by atoms with van der Waals surface area (Å²) >= 11 is 7.65. The van der Waals surface area contributed by atoms with Gasteiger partial charge < -0.3 is 0 Å². The van der Waals surface area contributed by atoms with Crippen LogP contribution in [0.5, 0.6) is 0 Å². The fraction of sp³-hybridized carbons (Fsp3) is 0.111. The highest BCUT2D eigenvalue weighted by Gasteiger charge is 2.16. The number of fused-ring (bicyclic) bond motifs is 1. The fourth-order valence-electron chi connectivity index (χ4n) is 2.34. The van der Waals surface area contributed by atoms with Crippen molar-refractivity contribution in [1.29, 1.82) is 0 Å². The summed E-state index contributed by atoms with van der Waals surface area (Å²) in [5.41, 5.74) is 5.83. The number of amides is 1. The summed E-state index contributed by atoms with van der Waals surface area (Å²) in [7, 11) is 0. The zero-order valence-corrected chi connectivity index (χ0v) is 14.3. The van der Waals surface area contributed by atoms with E-state index in [4.69, 9.17) is 11.6 Å². The molecule has 0 aliphatic carbocycles. The number of hydrogen-bond acceptors (Lipinski definition) is 3. The Labute approximate surface area is 143 Å². The molecule has 2 aromatic carbocycles. The molecular weight excluding hydrogens is 328 g/mol. The first kappa shape index (κ1) is 15.7. The standard InChI is InChI=1S/C18H15ClN2OS/c1-11-7-8-13(12(2)9-11)10-20-21-18(22)17-16(19)14-5-3-4-6-15(14)23-17/h3-10H,1-2H3,(H,21,22)/b20-10+. The van der Waals surface area contributed by atoms with Gasteiger partial charge in [0.2, 0.25) is 0 Å². The van der Waals surface area contributed by atoms with E-state index in [1.165, 1.54) is 16.9 Å². The van der Waals surface area contributed by atoms with E-state index in [1.54, 1.807) is 6.21 Å². The Morgan fingerprint density at radius 2 is 2.00 bits per heavy atom. The van der Waals surface area contributed by atoms with Crippen molar-refractivity contribution in [3.05, 3.63) is 69.1 Å². The van der Waals surface area contributed by atoms with Crippen LogP contribution in [0.2, 0.25) is 5.02 Å². The van der Waals surface area contributed by atoms with Crippen LogP contribution < -0.4 is 5.43 Å². The SMILES string of the molecule is Cc1ccc(/C=N/NC(=O)c2sc3ccccc3c2Cl)c(C)c1. The lowest BCUT2D eigenvalue weighted by molar-refractivity contribution is 0.0959. The molecule has 0 aliphatic rings. The van der Waals surface area contributed by atoms with Gasteiger partial charge in [-0.15, -0.1) is 11.3 Å². The zero-order valence-electron chi connectivity index (χ0n) is 12.8. The lowest BCUT2D eigenvalue weighted by Crippen LogP contribution is -2.16. The van der Waals surface area contributed by atoms with E-state index in [1.807, 2.05) is 50.2 Å². The Kier molecular flexibility index (Phi) is 4.46. The summed E-state index contributed by atoms with van der Waals surface area (Å²) in [6, 6.07) is 13.7. The largest absolute Gasteiger partial charge is 0.283 e. The van der Waals surface area contributed by atoms with Gasteiger partial charge in [0.25, 0.3) is 5.91 Å². The van der Waals surface area contributed by atoms with E-state index in [9.17, 15) is 4.79 Å². The number of rotatable bonds is 3. The van der Waals surface area contributed by atoms with Gasteiger partial charge in [0.15, 0.2) is 0 Å².